The van der Waals surface area contributed by atoms with E-state index in [1.165, 1.54) is 6.07 Å². The first-order chi connectivity index (χ1) is 7.95. The maximum Gasteiger partial charge on any atom is 0.129 e. The predicted octanol–water partition coefficient (Wildman–Crippen LogP) is 4.23. The Kier molecular flexibility index (Phi) is 3.60. The molecule has 0 bridgehead atoms. The molecule has 1 fully saturated rings. The third-order valence-corrected chi connectivity index (χ3v) is 4.71. The summed E-state index contributed by atoms with van der Waals surface area (Å²) < 4.78 is 14.7. The van der Waals surface area contributed by atoms with Crippen LogP contribution in [0, 0.1) is 17.7 Å². The van der Waals surface area contributed by atoms with Crippen LogP contribution in [0.2, 0.25) is 0 Å². The lowest BCUT2D eigenvalue weighted by atomic mass is 9.67. The van der Waals surface area contributed by atoms with Gasteiger partial charge in [-0.1, -0.05) is 36.2 Å². The van der Waals surface area contributed by atoms with Crippen molar-refractivity contribution in [2.45, 2.75) is 38.7 Å². The van der Waals surface area contributed by atoms with Crippen LogP contribution >= 0.6 is 15.9 Å². The van der Waals surface area contributed by atoms with Crippen LogP contribution < -0.4 is 0 Å². The van der Waals surface area contributed by atoms with Crippen LogP contribution in [0.3, 0.4) is 0 Å². The highest BCUT2D eigenvalue weighted by Gasteiger charge is 2.42. The first kappa shape index (κ1) is 13.0. The van der Waals surface area contributed by atoms with Gasteiger partial charge in [0.15, 0.2) is 0 Å². The molecule has 1 aromatic rings. The van der Waals surface area contributed by atoms with Crippen LogP contribution in [0.25, 0.3) is 0 Å². The van der Waals surface area contributed by atoms with E-state index in [9.17, 15) is 9.50 Å². The number of benzene rings is 1. The zero-order valence-electron chi connectivity index (χ0n) is 10.2. The second-order valence-corrected chi connectivity index (χ2v) is 6.12. The molecule has 0 aliphatic heterocycles. The van der Waals surface area contributed by atoms with Gasteiger partial charge >= 0.3 is 0 Å². The number of aliphatic hydroxyl groups is 1. The average molecular weight is 301 g/mol. The number of hydrogen-bond acceptors (Lipinski definition) is 1. The molecule has 1 aromatic carbocycles. The van der Waals surface area contributed by atoms with Crippen molar-refractivity contribution < 1.29 is 9.50 Å². The normalized spacial score (nSPS) is 33.7. The van der Waals surface area contributed by atoms with Gasteiger partial charge in [0.25, 0.3) is 0 Å². The summed E-state index contributed by atoms with van der Waals surface area (Å²) in [6.07, 6.45) is 2.71. The van der Waals surface area contributed by atoms with Gasteiger partial charge in [0.05, 0.1) is 5.60 Å². The molecule has 0 heterocycles. The maximum absolute atomic E-state index is 13.9. The topological polar surface area (TPSA) is 20.2 Å². The van der Waals surface area contributed by atoms with Gasteiger partial charge in [-0.2, -0.15) is 0 Å². The zero-order chi connectivity index (χ0) is 12.6. The van der Waals surface area contributed by atoms with Crippen LogP contribution in [0.4, 0.5) is 4.39 Å². The van der Waals surface area contributed by atoms with E-state index < -0.39 is 5.60 Å². The summed E-state index contributed by atoms with van der Waals surface area (Å²) >= 11 is 3.34. The molecule has 0 radical (unpaired) electrons. The van der Waals surface area contributed by atoms with Gasteiger partial charge in [-0.15, -0.1) is 0 Å². The zero-order valence-corrected chi connectivity index (χ0v) is 11.8. The number of rotatable bonds is 1. The molecule has 1 aliphatic carbocycles. The summed E-state index contributed by atoms with van der Waals surface area (Å²) in [4.78, 5) is 0. The van der Waals surface area contributed by atoms with Gasteiger partial charge < -0.3 is 5.11 Å². The molecule has 3 unspecified atom stereocenters. The van der Waals surface area contributed by atoms with Crippen molar-refractivity contribution in [1.29, 1.82) is 0 Å². The van der Waals surface area contributed by atoms with Crippen LogP contribution in [0.5, 0.6) is 0 Å². The molecule has 94 valence electrons. The van der Waals surface area contributed by atoms with E-state index >= 15 is 0 Å². The van der Waals surface area contributed by atoms with E-state index in [1.807, 2.05) is 6.92 Å². The molecular weight excluding hydrogens is 283 g/mol. The molecule has 1 aliphatic rings. The van der Waals surface area contributed by atoms with Crippen LogP contribution in [0.1, 0.15) is 38.7 Å². The lowest BCUT2D eigenvalue weighted by molar-refractivity contribution is -0.0712. The number of hydrogen-bond donors (Lipinski definition) is 1. The van der Waals surface area contributed by atoms with Crippen LogP contribution in [0.15, 0.2) is 22.7 Å². The van der Waals surface area contributed by atoms with E-state index in [0.717, 1.165) is 17.3 Å². The summed E-state index contributed by atoms with van der Waals surface area (Å²) in [6, 6.07) is 4.80. The highest BCUT2D eigenvalue weighted by molar-refractivity contribution is 9.10. The molecule has 1 saturated carbocycles. The molecule has 0 amide bonds. The monoisotopic (exact) mass is 300 g/mol. The minimum Gasteiger partial charge on any atom is -0.385 e. The van der Waals surface area contributed by atoms with Gasteiger partial charge in [0, 0.05) is 10.0 Å². The Bertz CT molecular complexity index is 421. The first-order valence-electron chi connectivity index (χ1n) is 6.13. The number of halogens is 2. The summed E-state index contributed by atoms with van der Waals surface area (Å²) in [6.45, 7) is 4.15. The fourth-order valence-electron chi connectivity index (χ4n) is 2.85. The summed E-state index contributed by atoms with van der Waals surface area (Å²) in [5, 5.41) is 10.8. The van der Waals surface area contributed by atoms with Crippen molar-refractivity contribution in [2.75, 3.05) is 0 Å². The van der Waals surface area contributed by atoms with Crippen molar-refractivity contribution in [1.82, 2.24) is 0 Å². The second kappa shape index (κ2) is 4.69. The van der Waals surface area contributed by atoms with Gasteiger partial charge in [-0.05, 0) is 42.9 Å². The Morgan fingerprint density at radius 1 is 1.41 bits per heavy atom. The standard InChI is InChI=1S/C14H18BrFO/c1-9-4-3-7-14(17,10(9)2)12-8-11(15)5-6-13(12)16/h5-6,8-10,17H,3-4,7H2,1-2H3. The van der Waals surface area contributed by atoms with E-state index in [0.29, 0.717) is 17.9 Å². The Labute approximate surface area is 110 Å². The molecule has 1 nitrogen and oxygen atoms in total. The van der Waals surface area contributed by atoms with E-state index in [1.54, 1.807) is 12.1 Å². The summed E-state index contributed by atoms with van der Waals surface area (Å²) in [5.74, 6) is 0.198. The van der Waals surface area contributed by atoms with Gasteiger partial charge in [-0.3, -0.25) is 0 Å². The fourth-order valence-corrected chi connectivity index (χ4v) is 3.21. The van der Waals surface area contributed by atoms with Crippen LogP contribution in [-0.4, -0.2) is 5.11 Å². The average Bonchev–Trinajstić information content (AvgIpc) is 2.29. The molecule has 3 atom stereocenters. The summed E-state index contributed by atoms with van der Waals surface area (Å²) in [7, 11) is 0. The summed E-state index contributed by atoms with van der Waals surface area (Å²) in [5.41, 5.74) is -0.586. The van der Waals surface area contributed by atoms with Crippen LogP contribution in [-0.2, 0) is 5.60 Å². The Hall–Kier alpha value is -0.410. The Balaban J connectivity index is 2.46. The molecular formula is C14H18BrFO. The van der Waals surface area contributed by atoms with E-state index in [-0.39, 0.29) is 11.7 Å². The van der Waals surface area contributed by atoms with Gasteiger partial charge in [-0.25, -0.2) is 4.39 Å². The highest BCUT2D eigenvalue weighted by Crippen LogP contribution is 2.45. The third kappa shape index (κ3) is 2.27. The largest absolute Gasteiger partial charge is 0.385 e. The molecule has 2 rings (SSSR count). The molecule has 1 N–H and O–H groups in total. The second-order valence-electron chi connectivity index (χ2n) is 5.21. The lowest BCUT2D eigenvalue weighted by Gasteiger charge is -2.42. The van der Waals surface area contributed by atoms with Crippen molar-refractivity contribution in [3.05, 3.63) is 34.1 Å². The quantitative estimate of drug-likeness (QED) is 0.823. The third-order valence-electron chi connectivity index (χ3n) is 4.22. The molecule has 0 spiro atoms. The van der Waals surface area contributed by atoms with Crippen molar-refractivity contribution in [2.24, 2.45) is 11.8 Å². The van der Waals surface area contributed by atoms with E-state index in [4.69, 9.17) is 0 Å². The van der Waals surface area contributed by atoms with Crippen molar-refractivity contribution in [3.63, 3.8) is 0 Å². The Morgan fingerprint density at radius 2 is 2.12 bits per heavy atom. The SMILES string of the molecule is CC1CCCC(O)(c2cc(Br)ccc2F)C1C. The Morgan fingerprint density at radius 3 is 2.82 bits per heavy atom. The van der Waals surface area contributed by atoms with Gasteiger partial charge in [0.2, 0.25) is 0 Å². The molecule has 17 heavy (non-hydrogen) atoms. The first-order valence-corrected chi connectivity index (χ1v) is 6.92. The smallest absolute Gasteiger partial charge is 0.129 e. The minimum atomic E-state index is -1.02. The lowest BCUT2D eigenvalue weighted by Crippen LogP contribution is -2.41. The van der Waals surface area contributed by atoms with Crippen molar-refractivity contribution in [3.8, 4) is 0 Å². The molecule has 0 aromatic heterocycles. The highest BCUT2D eigenvalue weighted by atomic mass is 79.9. The van der Waals surface area contributed by atoms with Gasteiger partial charge in [0.1, 0.15) is 5.82 Å². The molecule has 0 saturated heterocycles. The predicted molar refractivity (Wildman–Crippen MR) is 70.2 cm³/mol. The maximum atomic E-state index is 13.9. The fraction of sp³-hybridized carbons (Fsp3) is 0.571. The van der Waals surface area contributed by atoms with Crippen molar-refractivity contribution >= 4 is 15.9 Å². The minimum absolute atomic E-state index is 0.0834. The van der Waals surface area contributed by atoms with E-state index in [2.05, 4.69) is 22.9 Å². The molecule has 3 heteroatoms.